The number of hydrogen-bond donors (Lipinski definition) is 2. The van der Waals surface area contributed by atoms with E-state index >= 15 is 0 Å². The molecule has 0 saturated carbocycles. The Morgan fingerprint density at radius 2 is 1.94 bits per heavy atom. The predicted octanol–water partition coefficient (Wildman–Crippen LogP) is 0.722. The van der Waals surface area contributed by atoms with Crippen LogP contribution in [0.4, 0.5) is 8.78 Å². The lowest BCUT2D eigenvalue weighted by Gasteiger charge is -2.09. The van der Waals surface area contributed by atoms with Gasteiger partial charge in [-0.15, -0.1) is 0 Å². The van der Waals surface area contributed by atoms with Gasteiger partial charge in [0.2, 0.25) is 0 Å². The molecule has 90 valence electrons. The number of hydrogen-bond acceptors (Lipinski definition) is 3. The zero-order chi connectivity index (χ0) is 12.3. The molecule has 7 heteroatoms. The summed E-state index contributed by atoms with van der Waals surface area (Å²) in [5, 5.41) is 0. The number of nitrogens with two attached hydrogens (primary N) is 1. The van der Waals surface area contributed by atoms with Crippen LogP contribution in [-0.2, 0) is 16.5 Å². The van der Waals surface area contributed by atoms with Gasteiger partial charge in [0.05, 0.1) is 5.75 Å². The smallest absolute Gasteiger partial charge is 0.266 e. The summed E-state index contributed by atoms with van der Waals surface area (Å²) in [6, 6.07) is 2.33. The summed E-state index contributed by atoms with van der Waals surface area (Å²) in [6.45, 7) is 0. The van der Waals surface area contributed by atoms with Crippen LogP contribution < -0.4 is 5.73 Å². The molecule has 0 bridgehead atoms. The van der Waals surface area contributed by atoms with E-state index in [-0.39, 0.29) is 6.42 Å². The Bertz CT molecular complexity index is 476. The van der Waals surface area contributed by atoms with Crippen LogP contribution in [-0.4, -0.2) is 24.8 Å². The Hall–Kier alpha value is -1.05. The normalized spacial score (nSPS) is 13.8. The molecule has 16 heavy (non-hydrogen) atoms. The van der Waals surface area contributed by atoms with Crippen molar-refractivity contribution in [2.45, 2.75) is 12.5 Å². The van der Waals surface area contributed by atoms with Gasteiger partial charge in [-0.3, -0.25) is 4.55 Å². The van der Waals surface area contributed by atoms with E-state index in [9.17, 15) is 17.2 Å². The molecular weight excluding hydrogens is 240 g/mol. The Morgan fingerprint density at radius 3 is 2.44 bits per heavy atom. The van der Waals surface area contributed by atoms with E-state index in [0.717, 1.165) is 12.1 Å². The molecule has 1 aromatic rings. The van der Waals surface area contributed by atoms with Gasteiger partial charge in [-0.25, -0.2) is 8.78 Å². The minimum atomic E-state index is -4.15. The highest BCUT2D eigenvalue weighted by Gasteiger charge is 2.14. The van der Waals surface area contributed by atoms with Crippen LogP contribution in [0.15, 0.2) is 18.2 Å². The van der Waals surface area contributed by atoms with E-state index in [1.165, 1.54) is 6.07 Å². The van der Waals surface area contributed by atoms with Crippen LogP contribution in [0, 0.1) is 11.6 Å². The van der Waals surface area contributed by atoms with Gasteiger partial charge in [-0.1, -0.05) is 6.07 Å². The fourth-order valence-electron chi connectivity index (χ4n) is 1.30. The average Bonchev–Trinajstić information content (AvgIpc) is 2.08. The first-order chi connectivity index (χ1) is 7.28. The molecule has 0 heterocycles. The maximum atomic E-state index is 12.8. The fourth-order valence-corrected chi connectivity index (χ4v) is 1.96. The van der Waals surface area contributed by atoms with Gasteiger partial charge < -0.3 is 5.73 Å². The van der Waals surface area contributed by atoms with Crippen molar-refractivity contribution in [3.8, 4) is 0 Å². The third-order valence-corrected chi connectivity index (χ3v) is 2.76. The van der Waals surface area contributed by atoms with Crippen molar-refractivity contribution >= 4 is 10.1 Å². The second-order valence-electron chi connectivity index (χ2n) is 3.46. The van der Waals surface area contributed by atoms with Crippen molar-refractivity contribution in [2.75, 3.05) is 5.75 Å². The fraction of sp³-hybridized carbons (Fsp3) is 0.333. The van der Waals surface area contributed by atoms with E-state index in [2.05, 4.69) is 0 Å². The van der Waals surface area contributed by atoms with Crippen LogP contribution >= 0.6 is 0 Å². The zero-order valence-corrected chi connectivity index (χ0v) is 9.05. The first-order valence-electron chi connectivity index (χ1n) is 4.42. The van der Waals surface area contributed by atoms with Gasteiger partial charge in [0, 0.05) is 6.04 Å². The number of halogens is 2. The molecule has 0 radical (unpaired) electrons. The van der Waals surface area contributed by atoms with Crippen molar-refractivity contribution in [2.24, 2.45) is 5.73 Å². The predicted molar refractivity (Wildman–Crippen MR) is 54.5 cm³/mol. The molecule has 0 aliphatic rings. The second kappa shape index (κ2) is 4.86. The van der Waals surface area contributed by atoms with Crippen molar-refractivity contribution in [1.82, 2.24) is 0 Å². The van der Waals surface area contributed by atoms with E-state index < -0.39 is 33.5 Å². The lowest BCUT2D eigenvalue weighted by Crippen LogP contribution is -2.31. The van der Waals surface area contributed by atoms with Crippen molar-refractivity contribution in [1.29, 1.82) is 0 Å². The molecule has 1 rings (SSSR count). The zero-order valence-electron chi connectivity index (χ0n) is 8.23. The molecule has 0 aliphatic heterocycles. The third kappa shape index (κ3) is 4.21. The van der Waals surface area contributed by atoms with Gasteiger partial charge in [0.25, 0.3) is 10.1 Å². The van der Waals surface area contributed by atoms with Gasteiger partial charge in [0.15, 0.2) is 11.6 Å². The van der Waals surface area contributed by atoms with E-state index in [1.807, 2.05) is 0 Å². The Morgan fingerprint density at radius 1 is 1.31 bits per heavy atom. The van der Waals surface area contributed by atoms with E-state index in [4.69, 9.17) is 10.3 Å². The summed E-state index contributed by atoms with van der Waals surface area (Å²) in [4.78, 5) is 0. The Balaban J connectivity index is 2.70. The van der Waals surface area contributed by atoms with Crippen LogP contribution in [0.2, 0.25) is 0 Å². The standard InChI is InChI=1S/C9H11F2NO3S/c10-8-2-1-6(4-9(8)11)3-7(12)5-16(13,14)15/h1-2,4,7H,3,5,12H2,(H,13,14,15)/t7-/m0/s1. The number of rotatable bonds is 4. The summed E-state index contributed by atoms with van der Waals surface area (Å²) in [7, 11) is -4.15. The highest BCUT2D eigenvalue weighted by molar-refractivity contribution is 7.85. The monoisotopic (exact) mass is 251 g/mol. The highest BCUT2D eigenvalue weighted by atomic mass is 32.2. The van der Waals surface area contributed by atoms with Crippen LogP contribution in [0.25, 0.3) is 0 Å². The van der Waals surface area contributed by atoms with Gasteiger partial charge in [-0.05, 0) is 24.1 Å². The van der Waals surface area contributed by atoms with Gasteiger partial charge in [0.1, 0.15) is 0 Å². The number of benzene rings is 1. The molecule has 0 fully saturated rings. The molecule has 3 N–H and O–H groups in total. The molecular formula is C9H11F2NO3S. The molecule has 0 saturated heterocycles. The first-order valence-corrected chi connectivity index (χ1v) is 6.03. The summed E-state index contributed by atoms with van der Waals surface area (Å²) < 4.78 is 54.9. The highest BCUT2D eigenvalue weighted by Crippen LogP contribution is 2.10. The summed E-state index contributed by atoms with van der Waals surface area (Å²) in [6.07, 6.45) is 0.0387. The molecule has 0 aliphatic carbocycles. The van der Waals surface area contributed by atoms with Crippen molar-refractivity contribution < 1.29 is 21.8 Å². The molecule has 4 nitrogen and oxygen atoms in total. The first kappa shape index (κ1) is 13.0. The largest absolute Gasteiger partial charge is 0.326 e. The van der Waals surface area contributed by atoms with Crippen LogP contribution in [0.5, 0.6) is 0 Å². The van der Waals surface area contributed by atoms with Crippen LogP contribution in [0.1, 0.15) is 5.56 Å². The van der Waals surface area contributed by atoms with Gasteiger partial charge >= 0.3 is 0 Å². The lowest BCUT2D eigenvalue weighted by atomic mass is 10.1. The topological polar surface area (TPSA) is 80.4 Å². The van der Waals surface area contributed by atoms with Crippen molar-refractivity contribution in [3.05, 3.63) is 35.4 Å². The summed E-state index contributed by atoms with van der Waals surface area (Å²) in [5.41, 5.74) is 5.80. The van der Waals surface area contributed by atoms with E-state index in [1.54, 1.807) is 0 Å². The Kier molecular flexibility index (Phi) is 3.95. The SMILES string of the molecule is N[C@@H](Cc1ccc(F)c(F)c1)CS(=O)(=O)O. The maximum Gasteiger partial charge on any atom is 0.266 e. The quantitative estimate of drug-likeness (QED) is 0.773. The van der Waals surface area contributed by atoms with Gasteiger partial charge in [-0.2, -0.15) is 8.42 Å². The average molecular weight is 251 g/mol. The lowest BCUT2D eigenvalue weighted by molar-refractivity contribution is 0.476. The minimum absolute atomic E-state index is 0.0387. The Labute approximate surface area is 91.8 Å². The molecule has 0 spiro atoms. The summed E-state index contributed by atoms with van der Waals surface area (Å²) in [5.74, 6) is -2.62. The second-order valence-corrected chi connectivity index (χ2v) is 4.96. The molecule has 0 unspecified atom stereocenters. The van der Waals surface area contributed by atoms with Crippen LogP contribution in [0.3, 0.4) is 0 Å². The molecule has 0 amide bonds. The molecule has 0 aromatic heterocycles. The molecule has 1 aromatic carbocycles. The van der Waals surface area contributed by atoms with E-state index in [0.29, 0.717) is 5.56 Å². The van der Waals surface area contributed by atoms with Crippen molar-refractivity contribution in [3.63, 3.8) is 0 Å². The third-order valence-electron chi connectivity index (χ3n) is 1.91. The maximum absolute atomic E-state index is 12.8. The molecule has 1 atom stereocenters. The minimum Gasteiger partial charge on any atom is -0.326 e. The summed E-state index contributed by atoms with van der Waals surface area (Å²) >= 11 is 0.